The predicted molar refractivity (Wildman–Crippen MR) is 117 cm³/mol. The Morgan fingerprint density at radius 2 is 1.53 bits per heavy atom. The second-order valence-electron chi connectivity index (χ2n) is 6.90. The van der Waals surface area contributed by atoms with Gasteiger partial charge in [0.15, 0.2) is 5.16 Å². The molecule has 4 rings (SSSR count). The zero-order valence-electron chi connectivity index (χ0n) is 16.7. The van der Waals surface area contributed by atoms with Crippen LogP contribution in [-0.4, -0.2) is 23.9 Å². The molecule has 0 saturated carbocycles. The molecule has 30 heavy (non-hydrogen) atoms. The third-order valence-corrected chi connectivity index (χ3v) is 5.86. The highest BCUT2D eigenvalue weighted by atomic mass is 32.2. The third kappa shape index (κ3) is 3.99. The van der Waals surface area contributed by atoms with Crippen LogP contribution in [0, 0.1) is 0 Å². The van der Waals surface area contributed by atoms with Crippen LogP contribution in [-0.2, 0) is 26.3 Å². The van der Waals surface area contributed by atoms with Gasteiger partial charge in [0.25, 0.3) is 5.56 Å². The zero-order chi connectivity index (χ0) is 21.1. The van der Waals surface area contributed by atoms with Crippen LogP contribution >= 0.6 is 11.8 Å². The standard InChI is InChI=1S/C22H21N5O2S/c1-25-18(14-20(28)26(2)22(25)29)15-30-21-24-23-19(13-16-9-5-3-6-10-16)27(21)17-11-7-4-8-12-17/h3-12,14H,13,15H2,1-2H3. The largest absolute Gasteiger partial charge is 0.330 e. The molecular formula is C22H21N5O2S. The van der Waals surface area contributed by atoms with E-state index in [-0.39, 0.29) is 11.2 Å². The summed E-state index contributed by atoms with van der Waals surface area (Å²) in [7, 11) is 3.14. The minimum absolute atomic E-state index is 0.317. The Kier molecular flexibility index (Phi) is 5.67. The molecule has 4 aromatic rings. The lowest BCUT2D eigenvalue weighted by atomic mass is 10.1. The van der Waals surface area contributed by atoms with Gasteiger partial charge in [-0.2, -0.15) is 0 Å². The first kappa shape index (κ1) is 19.9. The average Bonchev–Trinajstić information content (AvgIpc) is 3.17. The lowest BCUT2D eigenvalue weighted by molar-refractivity contribution is 0.664. The number of aromatic nitrogens is 5. The topological polar surface area (TPSA) is 74.7 Å². The van der Waals surface area contributed by atoms with Gasteiger partial charge in [-0.25, -0.2) is 4.79 Å². The lowest BCUT2D eigenvalue weighted by Crippen LogP contribution is -2.37. The summed E-state index contributed by atoms with van der Waals surface area (Å²) in [5, 5.41) is 9.54. The summed E-state index contributed by atoms with van der Waals surface area (Å²) in [6.45, 7) is 0. The molecule has 0 amide bonds. The molecule has 7 nitrogen and oxygen atoms in total. The maximum atomic E-state index is 12.2. The number of thioether (sulfide) groups is 1. The summed E-state index contributed by atoms with van der Waals surface area (Å²) in [4.78, 5) is 24.2. The van der Waals surface area contributed by atoms with Crippen LogP contribution in [0.1, 0.15) is 17.1 Å². The summed E-state index contributed by atoms with van der Waals surface area (Å²) >= 11 is 1.45. The Morgan fingerprint density at radius 3 is 2.23 bits per heavy atom. The maximum Gasteiger partial charge on any atom is 0.330 e. The van der Waals surface area contributed by atoms with Gasteiger partial charge in [-0.15, -0.1) is 10.2 Å². The Balaban J connectivity index is 1.69. The van der Waals surface area contributed by atoms with Gasteiger partial charge in [-0.1, -0.05) is 60.3 Å². The second kappa shape index (κ2) is 8.54. The molecule has 0 saturated heterocycles. The maximum absolute atomic E-state index is 12.2. The van der Waals surface area contributed by atoms with Crippen LogP contribution in [0.4, 0.5) is 0 Å². The van der Waals surface area contributed by atoms with E-state index in [1.54, 1.807) is 7.05 Å². The van der Waals surface area contributed by atoms with Crippen molar-refractivity contribution in [2.75, 3.05) is 0 Å². The van der Waals surface area contributed by atoms with Crippen LogP contribution in [0.2, 0.25) is 0 Å². The van der Waals surface area contributed by atoms with Crippen molar-refractivity contribution in [3.8, 4) is 5.69 Å². The van der Waals surface area contributed by atoms with E-state index < -0.39 is 0 Å². The van der Waals surface area contributed by atoms with Crippen LogP contribution in [0.25, 0.3) is 5.69 Å². The van der Waals surface area contributed by atoms with E-state index in [0.717, 1.165) is 21.6 Å². The summed E-state index contributed by atoms with van der Waals surface area (Å²) in [5.41, 5.74) is 2.09. The molecule has 152 valence electrons. The molecule has 2 aromatic carbocycles. The SMILES string of the molecule is Cn1c(CSc2nnc(Cc3ccccc3)n2-c2ccccc2)cc(=O)n(C)c1=O. The monoisotopic (exact) mass is 419 g/mol. The zero-order valence-corrected chi connectivity index (χ0v) is 17.5. The van der Waals surface area contributed by atoms with E-state index in [9.17, 15) is 9.59 Å². The van der Waals surface area contributed by atoms with Gasteiger partial charge in [-0.3, -0.25) is 18.5 Å². The van der Waals surface area contributed by atoms with E-state index in [2.05, 4.69) is 22.3 Å². The van der Waals surface area contributed by atoms with Crippen molar-refractivity contribution in [2.45, 2.75) is 17.3 Å². The van der Waals surface area contributed by atoms with E-state index in [4.69, 9.17) is 0 Å². The Hall–Kier alpha value is -3.39. The molecule has 0 bridgehead atoms. The van der Waals surface area contributed by atoms with Gasteiger partial charge in [0.2, 0.25) is 0 Å². The molecule has 0 radical (unpaired) electrons. The second-order valence-corrected chi connectivity index (χ2v) is 7.84. The number of para-hydroxylation sites is 1. The van der Waals surface area contributed by atoms with E-state index >= 15 is 0 Å². The summed E-state index contributed by atoms with van der Waals surface area (Å²) in [6, 6.07) is 21.5. The van der Waals surface area contributed by atoms with Crippen molar-refractivity contribution in [3.05, 3.63) is 105 Å². The molecule has 0 aliphatic rings. The Labute approximate surface area is 177 Å². The minimum atomic E-state index is -0.340. The Bertz CT molecular complexity index is 1280. The van der Waals surface area contributed by atoms with Gasteiger partial charge < -0.3 is 0 Å². The first-order chi connectivity index (χ1) is 14.5. The molecule has 0 fully saturated rings. The Morgan fingerprint density at radius 1 is 0.867 bits per heavy atom. The molecule has 0 aliphatic heterocycles. The molecule has 0 atom stereocenters. The van der Waals surface area contributed by atoms with Gasteiger partial charge in [0, 0.05) is 43.7 Å². The van der Waals surface area contributed by atoms with Crippen molar-refractivity contribution in [1.29, 1.82) is 0 Å². The molecule has 8 heteroatoms. The van der Waals surface area contributed by atoms with Crippen molar-refractivity contribution in [1.82, 2.24) is 23.9 Å². The fraction of sp³-hybridized carbons (Fsp3) is 0.182. The summed E-state index contributed by atoms with van der Waals surface area (Å²) in [5.74, 6) is 1.26. The number of rotatable bonds is 6. The number of hydrogen-bond donors (Lipinski definition) is 0. The molecule has 0 N–H and O–H groups in total. The smallest absolute Gasteiger partial charge is 0.300 e. The highest BCUT2D eigenvalue weighted by Gasteiger charge is 2.16. The van der Waals surface area contributed by atoms with E-state index in [1.165, 1.54) is 29.4 Å². The molecular weight excluding hydrogens is 398 g/mol. The highest BCUT2D eigenvalue weighted by molar-refractivity contribution is 7.98. The van der Waals surface area contributed by atoms with Crippen molar-refractivity contribution < 1.29 is 0 Å². The predicted octanol–water partition coefficient (Wildman–Crippen LogP) is 2.55. The molecule has 0 aliphatic carbocycles. The van der Waals surface area contributed by atoms with Crippen molar-refractivity contribution in [3.63, 3.8) is 0 Å². The van der Waals surface area contributed by atoms with E-state index in [0.29, 0.717) is 23.0 Å². The number of hydrogen-bond acceptors (Lipinski definition) is 5. The minimum Gasteiger partial charge on any atom is -0.300 e. The normalized spacial score (nSPS) is 11.0. The van der Waals surface area contributed by atoms with Crippen LogP contribution in [0.5, 0.6) is 0 Å². The fourth-order valence-corrected chi connectivity index (χ4v) is 4.17. The van der Waals surface area contributed by atoms with Crippen molar-refractivity contribution in [2.24, 2.45) is 14.1 Å². The van der Waals surface area contributed by atoms with Gasteiger partial charge in [0.05, 0.1) is 0 Å². The van der Waals surface area contributed by atoms with Crippen LogP contribution in [0.3, 0.4) is 0 Å². The fourth-order valence-electron chi connectivity index (χ4n) is 3.18. The highest BCUT2D eigenvalue weighted by Crippen LogP contribution is 2.25. The quantitative estimate of drug-likeness (QED) is 0.449. The summed E-state index contributed by atoms with van der Waals surface area (Å²) < 4.78 is 4.61. The first-order valence-electron chi connectivity index (χ1n) is 9.47. The molecule has 2 aromatic heterocycles. The van der Waals surface area contributed by atoms with E-state index in [1.807, 2.05) is 53.1 Å². The van der Waals surface area contributed by atoms with Crippen LogP contribution in [0.15, 0.2) is 81.5 Å². The number of nitrogens with zero attached hydrogens (tertiary/aromatic N) is 5. The third-order valence-electron chi connectivity index (χ3n) is 4.89. The summed E-state index contributed by atoms with van der Waals surface area (Å²) in [6.07, 6.45) is 0.646. The first-order valence-corrected chi connectivity index (χ1v) is 10.5. The van der Waals surface area contributed by atoms with Gasteiger partial charge in [-0.05, 0) is 17.7 Å². The molecule has 2 heterocycles. The van der Waals surface area contributed by atoms with Gasteiger partial charge >= 0.3 is 5.69 Å². The average molecular weight is 420 g/mol. The number of benzene rings is 2. The lowest BCUT2D eigenvalue weighted by Gasteiger charge is -2.12. The van der Waals surface area contributed by atoms with Crippen molar-refractivity contribution >= 4 is 11.8 Å². The van der Waals surface area contributed by atoms with Crippen LogP contribution < -0.4 is 11.2 Å². The van der Waals surface area contributed by atoms with Gasteiger partial charge in [0.1, 0.15) is 5.82 Å². The molecule has 0 unspecified atom stereocenters. The molecule has 0 spiro atoms.